The van der Waals surface area contributed by atoms with Crippen LogP contribution in [0.1, 0.15) is 0 Å². The lowest BCUT2D eigenvalue weighted by molar-refractivity contribution is -0.276. The molecule has 1 heterocycles. The molecule has 0 saturated heterocycles. The van der Waals surface area contributed by atoms with Gasteiger partial charge in [0.05, 0.1) is 10.7 Å². The summed E-state index contributed by atoms with van der Waals surface area (Å²) in [5, 5.41) is 4.86. The molecule has 0 atom stereocenters. The zero-order chi connectivity index (χ0) is 14.1. The molecule has 0 amide bonds. The number of nitrogens with zero attached hydrogens (tertiary/aromatic N) is 1. The van der Waals surface area contributed by atoms with Gasteiger partial charge in [-0.05, 0) is 22.6 Å². The second-order valence-electron chi connectivity index (χ2n) is 2.87. The van der Waals surface area contributed by atoms with E-state index in [-0.39, 0.29) is 9.45 Å². The molecule has 1 rings (SSSR count). The largest absolute Gasteiger partial charge is 0.574 e. The van der Waals surface area contributed by atoms with Crippen molar-refractivity contribution in [2.24, 2.45) is 5.14 Å². The van der Waals surface area contributed by atoms with Crippen LogP contribution in [0.3, 0.4) is 0 Å². The van der Waals surface area contributed by atoms with Crippen LogP contribution in [0.25, 0.3) is 0 Å². The minimum Gasteiger partial charge on any atom is -0.481 e. The third kappa shape index (κ3) is 3.84. The van der Waals surface area contributed by atoms with Crippen molar-refractivity contribution in [3.63, 3.8) is 0 Å². The van der Waals surface area contributed by atoms with Gasteiger partial charge in [-0.2, -0.15) is 4.98 Å². The molecule has 0 unspecified atom stereocenters. The lowest BCUT2D eigenvalue weighted by atomic mass is 10.4. The Morgan fingerprint density at radius 2 is 2.00 bits per heavy atom. The summed E-state index contributed by atoms with van der Waals surface area (Å²) in [5.74, 6) is -1.30. The van der Waals surface area contributed by atoms with Crippen molar-refractivity contribution in [3.05, 3.63) is 9.64 Å². The maximum Gasteiger partial charge on any atom is 0.574 e. The van der Waals surface area contributed by atoms with Gasteiger partial charge in [0.25, 0.3) is 0 Å². The smallest absolute Gasteiger partial charge is 0.481 e. The fourth-order valence-electron chi connectivity index (χ4n) is 0.951. The van der Waals surface area contributed by atoms with Gasteiger partial charge in [0.1, 0.15) is 4.90 Å². The van der Waals surface area contributed by atoms with Gasteiger partial charge in [0.2, 0.25) is 21.8 Å². The van der Waals surface area contributed by atoms with Crippen LogP contribution < -0.4 is 14.6 Å². The molecule has 102 valence electrons. The van der Waals surface area contributed by atoms with Crippen LogP contribution >= 0.6 is 22.6 Å². The van der Waals surface area contributed by atoms with Gasteiger partial charge in [0, 0.05) is 6.07 Å². The minimum atomic E-state index is -5.01. The molecular weight excluding hydrogens is 392 g/mol. The maximum absolute atomic E-state index is 12.1. The molecule has 11 heteroatoms. The molecule has 0 aliphatic carbocycles. The molecular formula is C7H6F3IN2O4S. The molecule has 0 saturated carbocycles. The summed E-state index contributed by atoms with van der Waals surface area (Å²) in [4.78, 5) is 2.80. The monoisotopic (exact) mass is 398 g/mol. The van der Waals surface area contributed by atoms with E-state index in [4.69, 9.17) is 5.14 Å². The summed E-state index contributed by atoms with van der Waals surface area (Å²) in [6.07, 6.45) is -5.01. The molecule has 18 heavy (non-hydrogen) atoms. The highest BCUT2D eigenvalue weighted by molar-refractivity contribution is 14.1. The second kappa shape index (κ2) is 5.05. The molecule has 0 aromatic carbocycles. The Morgan fingerprint density at radius 3 is 2.39 bits per heavy atom. The maximum atomic E-state index is 12.1. The number of sulfonamides is 1. The Bertz CT molecular complexity index is 561. The van der Waals surface area contributed by atoms with Crippen LogP contribution in [-0.4, -0.2) is 26.9 Å². The first kappa shape index (κ1) is 15.2. The number of methoxy groups -OCH3 is 1. The van der Waals surface area contributed by atoms with Crippen LogP contribution in [-0.2, 0) is 10.0 Å². The van der Waals surface area contributed by atoms with Crippen molar-refractivity contribution in [1.29, 1.82) is 0 Å². The van der Waals surface area contributed by atoms with Crippen molar-refractivity contribution in [2.75, 3.05) is 7.11 Å². The van der Waals surface area contributed by atoms with Gasteiger partial charge in [-0.15, -0.1) is 13.2 Å². The molecule has 2 N–H and O–H groups in total. The van der Waals surface area contributed by atoms with E-state index in [1.54, 1.807) is 0 Å². The molecule has 6 nitrogen and oxygen atoms in total. The first-order valence-electron chi connectivity index (χ1n) is 4.07. The van der Waals surface area contributed by atoms with Crippen molar-refractivity contribution in [1.82, 2.24) is 4.98 Å². The summed E-state index contributed by atoms with van der Waals surface area (Å²) in [5.41, 5.74) is 0. The van der Waals surface area contributed by atoms with Gasteiger partial charge < -0.3 is 9.47 Å². The summed E-state index contributed by atoms with van der Waals surface area (Å²) >= 11 is 1.34. The molecule has 0 aliphatic rings. The Morgan fingerprint density at radius 1 is 1.44 bits per heavy atom. The van der Waals surface area contributed by atoms with E-state index in [1.807, 2.05) is 0 Å². The average Bonchev–Trinajstić information content (AvgIpc) is 2.17. The molecule has 0 aliphatic heterocycles. The van der Waals surface area contributed by atoms with Gasteiger partial charge in [-0.25, -0.2) is 13.6 Å². The van der Waals surface area contributed by atoms with Gasteiger partial charge in [-0.3, -0.25) is 0 Å². The third-order valence-corrected chi connectivity index (χ3v) is 3.94. The van der Waals surface area contributed by atoms with Gasteiger partial charge >= 0.3 is 6.36 Å². The molecule has 0 bridgehead atoms. The van der Waals surface area contributed by atoms with Crippen molar-refractivity contribution < 1.29 is 31.1 Å². The van der Waals surface area contributed by atoms with E-state index in [0.717, 1.165) is 13.2 Å². The highest BCUT2D eigenvalue weighted by Gasteiger charge is 2.34. The lowest BCUT2D eigenvalue weighted by Crippen LogP contribution is -2.21. The summed E-state index contributed by atoms with van der Waals surface area (Å²) in [6, 6.07) is 0.903. The quantitative estimate of drug-likeness (QED) is 0.774. The van der Waals surface area contributed by atoms with E-state index >= 15 is 0 Å². The number of rotatable bonds is 3. The van der Waals surface area contributed by atoms with Crippen LogP contribution in [0.15, 0.2) is 11.0 Å². The lowest BCUT2D eigenvalue weighted by Gasteiger charge is -2.12. The molecule has 1 aromatic heterocycles. The normalized spacial score (nSPS) is 12.3. The van der Waals surface area contributed by atoms with Crippen LogP contribution in [0.4, 0.5) is 13.2 Å². The van der Waals surface area contributed by atoms with Gasteiger partial charge in [-0.1, -0.05) is 0 Å². The average molecular weight is 398 g/mol. The van der Waals surface area contributed by atoms with Crippen molar-refractivity contribution >= 4 is 32.6 Å². The number of hydrogen-bond acceptors (Lipinski definition) is 5. The summed E-state index contributed by atoms with van der Waals surface area (Å²) in [6.45, 7) is 0. The number of ether oxygens (including phenoxy) is 2. The van der Waals surface area contributed by atoms with E-state index in [9.17, 15) is 21.6 Å². The Balaban J connectivity index is 3.44. The minimum absolute atomic E-state index is 0.362. The Hall–Kier alpha value is -0.820. The second-order valence-corrected chi connectivity index (χ2v) is 5.48. The Labute approximate surface area is 113 Å². The fraction of sp³-hybridized carbons (Fsp3) is 0.286. The summed E-state index contributed by atoms with van der Waals surface area (Å²) in [7, 11) is -3.11. The van der Waals surface area contributed by atoms with Gasteiger partial charge in [0.15, 0.2) is 0 Å². The van der Waals surface area contributed by atoms with Crippen molar-refractivity contribution in [2.45, 2.75) is 11.3 Å². The predicted octanol–water partition coefficient (Wildman–Crippen LogP) is 1.24. The van der Waals surface area contributed by atoms with E-state index in [2.05, 4.69) is 14.5 Å². The summed E-state index contributed by atoms with van der Waals surface area (Å²) < 4.78 is 66.5. The number of alkyl halides is 3. The van der Waals surface area contributed by atoms with Crippen LogP contribution in [0.5, 0.6) is 11.8 Å². The predicted molar refractivity (Wildman–Crippen MR) is 61.6 cm³/mol. The van der Waals surface area contributed by atoms with Crippen LogP contribution in [0.2, 0.25) is 0 Å². The van der Waals surface area contributed by atoms with E-state index in [0.29, 0.717) is 0 Å². The zero-order valence-corrected chi connectivity index (χ0v) is 11.6. The number of halogens is 4. The highest BCUT2D eigenvalue weighted by Crippen LogP contribution is 2.32. The van der Waals surface area contributed by atoms with E-state index < -0.39 is 27.2 Å². The zero-order valence-electron chi connectivity index (χ0n) is 8.66. The first-order chi connectivity index (χ1) is 8.04. The Kier molecular flexibility index (Phi) is 4.27. The molecule has 0 radical (unpaired) electrons. The molecule has 0 fully saturated rings. The fourth-order valence-corrected chi connectivity index (χ4v) is 2.86. The van der Waals surface area contributed by atoms with E-state index in [1.165, 1.54) is 22.6 Å². The van der Waals surface area contributed by atoms with Crippen LogP contribution in [0, 0.1) is 3.57 Å². The number of hydrogen-bond donors (Lipinski definition) is 1. The number of aromatic nitrogens is 1. The first-order valence-corrected chi connectivity index (χ1v) is 6.70. The highest BCUT2D eigenvalue weighted by atomic mass is 127. The number of nitrogens with two attached hydrogens (primary N) is 1. The molecule has 0 spiro atoms. The topological polar surface area (TPSA) is 91.5 Å². The SMILES string of the molecule is COc1cc(S(N)(=O)=O)c(I)c(OC(F)(F)F)n1. The third-order valence-electron chi connectivity index (χ3n) is 1.60. The number of primary sulfonamides is 1. The molecule has 1 aromatic rings. The number of pyridine rings is 1. The van der Waals surface area contributed by atoms with Crippen molar-refractivity contribution in [3.8, 4) is 11.8 Å². The standard InChI is InChI=1S/C7H6F3IN2O4S/c1-16-4-2-3(18(12,14)15)5(11)6(13-4)17-7(8,9)10/h2H,1H3,(H2,12,14,15).